The number of imidazole rings is 1. The molecule has 2 N–H and O–H groups in total. The van der Waals surface area contributed by atoms with Crippen LogP contribution in [0.4, 0.5) is 4.39 Å². The molecule has 3 amide bonds. The zero-order valence-electron chi connectivity index (χ0n) is 18.6. The number of halogens is 1. The summed E-state index contributed by atoms with van der Waals surface area (Å²) in [6.45, 7) is 2.02. The Morgan fingerprint density at radius 1 is 1.18 bits per heavy atom. The Bertz CT molecular complexity index is 1110. The van der Waals surface area contributed by atoms with E-state index in [1.807, 2.05) is 0 Å². The zero-order chi connectivity index (χ0) is 23.2. The van der Waals surface area contributed by atoms with E-state index in [2.05, 4.69) is 15.6 Å². The summed E-state index contributed by atoms with van der Waals surface area (Å²) in [5.41, 5.74) is -0.518. The Labute approximate surface area is 191 Å². The molecule has 0 spiro atoms. The van der Waals surface area contributed by atoms with Gasteiger partial charge in [-0.2, -0.15) is 0 Å². The van der Waals surface area contributed by atoms with Gasteiger partial charge in [-0.1, -0.05) is 31.0 Å². The van der Waals surface area contributed by atoms with Crippen LogP contribution >= 0.6 is 0 Å². The van der Waals surface area contributed by atoms with Gasteiger partial charge in [0.05, 0.1) is 12.9 Å². The van der Waals surface area contributed by atoms with Crippen LogP contribution in [0.1, 0.15) is 72.0 Å². The molecule has 33 heavy (non-hydrogen) atoms. The average molecular weight is 454 g/mol. The molecule has 8 nitrogen and oxygen atoms in total. The highest BCUT2D eigenvalue weighted by Gasteiger charge is 2.54. The van der Waals surface area contributed by atoms with Gasteiger partial charge < -0.3 is 20.1 Å². The van der Waals surface area contributed by atoms with E-state index >= 15 is 0 Å². The molecule has 1 aliphatic heterocycles. The summed E-state index contributed by atoms with van der Waals surface area (Å²) >= 11 is 0. The van der Waals surface area contributed by atoms with E-state index in [0.29, 0.717) is 5.56 Å². The van der Waals surface area contributed by atoms with Crippen LogP contribution in [-0.2, 0) is 17.9 Å². The highest BCUT2D eigenvalue weighted by molar-refractivity contribution is 6.07. The molecule has 0 bridgehead atoms. The van der Waals surface area contributed by atoms with E-state index < -0.39 is 17.3 Å². The molecule has 2 aliphatic carbocycles. The summed E-state index contributed by atoms with van der Waals surface area (Å²) in [5, 5.41) is 5.80. The summed E-state index contributed by atoms with van der Waals surface area (Å²) in [6, 6.07) is 6.32. The molecule has 0 radical (unpaired) electrons. The predicted molar refractivity (Wildman–Crippen MR) is 118 cm³/mol. The maximum Gasteiger partial charge on any atom is 0.274 e. The molecule has 9 heteroatoms. The van der Waals surface area contributed by atoms with E-state index in [0.717, 1.165) is 38.5 Å². The number of carbonyl (C=O) groups excluding carboxylic acids is 3. The molecule has 1 aromatic carbocycles. The standard InChI is InChI=1S/C24H28FN5O3/c1-24(23(33)28-16-7-3-4-8-16)13-29-14-27-19(20(29)22(32)30(24)17-10-11-17)21(31)26-12-15-6-2-5-9-18(15)25/h2,5-6,9,14,16-17H,3-4,7-8,10-13H2,1H3,(H,26,31)(H,28,33)/t24-/m0/s1. The minimum Gasteiger partial charge on any atom is -0.351 e. The molecule has 174 valence electrons. The van der Waals surface area contributed by atoms with E-state index in [4.69, 9.17) is 0 Å². The average Bonchev–Trinajstić information content (AvgIpc) is 3.30. The first-order valence-corrected chi connectivity index (χ1v) is 11.6. The van der Waals surface area contributed by atoms with Gasteiger partial charge in [0, 0.05) is 24.2 Å². The van der Waals surface area contributed by atoms with Gasteiger partial charge in [-0.15, -0.1) is 0 Å². The summed E-state index contributed by atoms with van der Waals surface area (Å²) in [4.78, 5) is 45.7. The molecule has 2 saturated carbocycles. The summed E-state index contributed by atoms with van der Waals surface area (Å²) in [5.74, 6) is -1.47. The molecule has 1 aromatic heterocycles. The first-order valence-electron chi connectivity index (χ1n) is 11.6. The topological polar surface area (TPSA) is 96.3 Å². The SMILES string of the molecule is C[C@@]1(C(=O)NC2CCCC2)Cn2cnc(C(=O)NCc3ccccc3F)c2C(=O)N1C1CC1. The van der Waals surface area contributed by atoms with Crippen LogP contribution in [0.2, 0.25) is 0 Å². The van der Waals surface area contributed by atoms with Gasteiger partial charge in [-0.25, -0.2) is 9.37 Å². The van der Waals surface area contributed by atoms with Gasteiger partial charge in [-0.3, -0.25) is 14.4 Å². The Kier molecular flexibility index (Phi) is 5.42. The fourth-order valence-corrected chi connectivity index (χ4v) is 5.03. The van der Waals surface area contributed by atoms with Crippen LogP contribution in [0, 0.1) is 5.82 Å². The minimum absolute atomic E-state index is 0.000223. The van der Waals surface area contributed by atoms with Crippen LogP contribution in [0.5, 0.6) is 0 Å². The van der Waals surface area contributed by atoms with Crippen molar-refractivity contribution in [3.63, 3.8) is 0 Å². The van der Waals surface area contributed by atoms with Crippen molar-refractivity contribution in [3.05, 3.63) is 53.4 Å². The van der Waals surface area contributed by atoms with Crippen molar-refractivity contribution in [2.24, 2.45) is 0 Å². The number of hydrogen-bond donors (Lipinski definition) is 2. The van der Waals surface area contributed by atoms with Crippen LogP contribution in [0.25, 0.3) is 0 Å². The van der Waals surface area contributed by atoms with Crippen molar-refractivity contribution in [1.29, 1.82) is 0 Å². The minimum atomic E-state index is -1.05. The lowest BCUT2D eigenvalue weighted by molar-refractivity contribution is -0.134. The van der Waals surface area contributed by atoms with Gasteiger partial charge in [0.2, 0.25) is 5.91 Å². The number of amides is 3. The molecule has 5 rings (SSSR count). The van der Waals surface area contributed by atoms with Crippen LogP contribution in [0.3, 0.4) is 0 Å². The molecular weight excluding hydrogens is 425 g/mol. The molecule has 2 heterocycles. The second-order valence-electron chi connectivity index (χ2n) is 9.48. The normalized spacial score (nSPS) is 22.8. The van der Waals surface area contributed by atoms with E-state index in [9.17, 15) is 18.8 Å². The zero-order valence-corrected chi connectivity index (χ0v) is 18.6. The van der Waals surface area contributed by atoms with Gasteiger partial charge >= 0.3 is 0 Å². The maximum absolute atomic E-state index is 13.9. The Morgan fingerprint density at radius 3 is 2.61 bits per heavy atom. The van der Waals surface area contributed by atoms with E-state index in [1.54, 1.807) is 34.6 Å². The number of nitrogens with one attached hydrogen (secondary N) is 2. The quantitative estimate of drug-likeness (QED) is 0.702. The number of fused-ring (bicyclic) bond motifs is 1. The number of carbonyl (C=O) groups is 3. The third-order valence-electron chi connectivity index (χ3n) is 6.97. The van der Waals surface area contributed by atoms with Crippen molar-refractivity contribution in [2.45, 2.75) is 76.2 Å². The monoisotopic (exact) mass is 453 g/mol. The van der Waals surface area contributed by atoms with Gasteiger partial charge in [0.1, 0.15) is 17.1 Å². The predicted octanol–water partition coefficient (Wildman–Crippen LogP) is 2.39. The summed E-state index contributed by atoms with van der Waals surface area (Å²) in [7, 11) is 0. The van der Waals surface area contributed by atoms with Crippen LogP contribution < -0.4 is 10.6 Å². The molecule has 0 saturated heterocycles. The van der Waals surface area contributed by atoms with Crippen molar-refractivity contribution >= 4 is 17.7 Å². The molecule has 0 unspecified atom stereocenters. The Morgan fingerprint density at radius 2 is 1.91 bits per heavy atom. The first-order chi connectivity index (χ1) is 15.9. The largest absolute Gasteiger partial charge is 0.351 e. The second kappa shape index (κ2) is 8.28. The lowest BCUT2D eigenvalue weighted by atomic mass is 9.93. The number of benzene rings is 1. The van der Waals surface area contributed by atoms with Gasteiger partial charge in [0.25, 0.3) is 11.8 Å². The summed E-state index contributed by atoms with van der Waals surface area (Å²) in [6.07, 6.45) is 7.23. The smallest absolute Gasteiger partial charge is 0.274 e. The third kappa shape index (κ3) is 3.89. The van der Waals surface area contributed by atoms with E-state index in [-0.39, 0.29) is 48.4 Å². The van der Waals surface area contributed by atoms with Crippen molar-refractivity contribution in [1.82, 2.24) is 25.1 Å². The Balaban J connectivity index is 1.39. The fraction of sp³-hybridized carbons (Fsp3) is 0.500. The van der Waals surface area contributed by atoms with Crippen LogP contribution in [0.15, 0.2) is 30.6 Å². The van der Waals surface area contributed by atoms with Crippen LogP contribution in [-0.4, -0.2) is 49.8 Å². The van der Waals surface area contributed by atoms with Crippen molar-refractivity contribution < 1.29 is 18.8 Å². The molecule has 2 aromatic rings. The maximum atomic E-state index is 13.9. The fourth-order valence-electron chi connectivity index (χ4n) is 5.03. The second-order valence-corrected chi connectivity index (χ2v) is 9.48. The number of nitrogens with zero attached hydrogens (tertiary/aromatic N) is 3. The number of aromatic nitrogens is 2. The van der Waals surface area contributed by atoms with Gasteiger partial charge in [0.15, 0.2) is 5.69 Å². The molecule has 1 atom stereocenters. The molecule has 3 aliphatic rings. The van der Waals surface area contributed by atoms with Crippen molar-refractivity contribution in [3.8, 4) is 0 Å². The highest BCUT2D eigenvalue weighted by atomic mass is 19.1. The first kappa shape index (κ1) is 21.6. The molecule has 2 fully saturated rings. The molecular formula is C24H28FN5O3. The highest BCUT2D eigenvalue weighted by Crippen LogP contribution is 2.39. The Hall–Kier alpha value is -3.23. The lowest BCUT2D eigenvalue weighted by Gasteiger charge is -2.44. The van der Waals surface area contributed by atoms with Gasteiger partial charge in [-0.05, 0) is 38.7 Å². The third-order valence-corrected chi connectivity index (χ3v) is 6.97. The van der Waals surface area contributed by atoms with Crippen molar-refractivity contribution in [2.75, 3.05) is 0 Å². The lowest BCUT2D eigenvalue weighted by Crippen LogP contribution is -2.65. The number of rotatable bonds is 6. The summed E-state index contributed by atoms with van der Waals surface area (Å²) < 4.78 is 15.5. The number of hydrogen-bond acceptors (Lipinski definition) is 4. The van der Waals surface area contributed by atoms with E-state index in [1.165, 1.54) is 12.4 Å².